The Morgan fingerprint density at radius 2 is 1.73 bits per heavy atom. The molecule has 0 aliphatic heterocycles. The van der Waals surface area contributed by atoms with Crippen molar-refractivity contribution in [1.29, 1.82) is 0 Å². The Hall–Kier alpha value is -3.28. The first kappa shape index (κ1) is 19.1. The summed E-state index contributed by atoms with van der Waals surface area (Å²) in [6.07, 6.45) is 1.65. The average Bonchev–Trinajstić information content (AvgIpc) is 2.63. The number of aromatic hydroxyl groups is 1. The molecule has 6 heteroatoms. The van der Waals surface area contributed by atoms with Crippen molar-refractivity contribution in [2.75, 3.05) is 11.9 Å². The van der Waals surface area contributed by atoms with Gasteiger partial charge in [0.15, 0.2) is 0 Å². The third-order valence-corrected chi connectivity index (χ3v) is 3.85. The molecule has 0 unspecified atom stereocenters. The molecule has 0 bridgehead atoms. The highest BCUT2D eigenvalue weighted by atomic mass is 16.4. The average molecular weight is 354 g/mol. The van der Waals surface area contributed by atoms with Crippen molar-refractivity contribution in [2.45, 2.75) is 19.3 Å². The number of carbonyl (C=O) groups excluding carboxylic acids is 1. The zero-order valence-electron chi connectivity index (χ0n) is 14.4. The smallest absolute Gasteiger partial charge is 0.330 e. The van der Waals surface area contributed by atoms with E-state index in [4.69, 9.17) is 5.11 Å². The lowest BCUT2D eigenvalue weighted by atomic mass is 10.0. The molecule has 0 radical (unpaired) electrons. The minimum atomic E-state index is -0.996. The number of hydrogen-bond acceptors (Lipinski definition) is 3. The molecular weight excluding hydrogens is 332 g/mol. The first-order valence-corrected chi connectivity index (χ1v) is 8.31. The number of anilines is 1. The van der Waals surface area contributed by atoms with Gasteiger partial charge in [-0.2, -0.15) is 0 Å². The van der Waals surface area contributed by atoms with E-state index in [1.807, 2.05) is 30.3 Å². The van der Waals surface area contributed by atoms with Crippen molar-refractivity contribution >= 4 is 17.7 Å². The van der Waals surface area contributed by atoms with Crippen LogP contribution in [0.1, 0.15) is 19.3 Å². The van der Waals surface area contributed by atoms with Crippen molar-refractivity contribution in [2.24, 2.45) is 0 Å². The molecule has 0 aliphatic carbocycles. The molecule has 26 heavy (non-hydrogen) atoms. The molecule has 0 aromatic heterocycles. The van der Waals surface area contributed by atoms with Crippen LogP contribution >= 0.6 is 0 Å². The molecule has 2 aromatic rings. The van der Waals surface area contributed by atoms with Gasteiger partial charge in [-0.25, -0.2) is 9.59 Å². The van der Waals surface area contributed by atoms with Crippen LogP contribution in [0.2, 0.25) is 0 Å². The van der Waals surface area contributed by atoms with Crippen LogP contribution in [0.25, 0.3) is 11.1 Å². The molecule has 0 heterocycles. The zero-order chi connectivity index (χ0) is 18.9. The van der Waals surface area contributed by atoms with Gasteiger partial charge in [-0.05, 0) is 42.5 Å². The fourth-order valence-corrected chi connectivity index (χ4v) is 2.39. The molecule has 4 N–H and O–H groups in total. The molecule has 0 atom stereocenters. The number of benzene rings is 2. The van der Waals surface area contributed by atoms with Gasteiger partial charge in [-0.15, -0.1) is 0 Å². The van der Waals surface area contributed by atoms with Crippen LogP contribution in [-0.2, 0) is 4.79 Å². The number of carbonyl (C=O) groups is 2. The van der Waals surface area contributed by atoms with Crippen LogP contribution in [0.4, 0.5) is 10.5 Å². The van der Waals surface area contributed by atoms with E-state index in [0.717, 1.165) is 11.1 Å². The molecule has 0 fully saturated rings. The van der Waals surface area contributed by atoms with Gasteiger partial charge in [-0.3, -0.25) is 0 Å². The highest BCUT2D eigenvalue weighted by Crippen LogP contribution is 2.29. The summed E-state index contributed by atoms with van der Waals surface area (Å²) in [4.78, 5) is 22.6. The van der Waals surface area contributed by atoms with E-state index in [1.165, 1.54) is 6.07 Å². The van der Waals surface area contributed by atoms with Crippen molar-refractivity contribution in [3.8, 4) is 16.9 Å². The van der Waals surface area contributed by atoms with Crippen LogP contribution in [-0.4, -0.2) is 28.8 Å². The predicted molar refractivity (Wildman–Crippen MR) is 101 cm³/mol. The number of rotatable bonds is 8. The summed E-state index contributed by atoms with van der Waals surface area (Å²) >= 11 is 0. The third kappa shape index (κ3) is 5.66. The number of phenols is 1. The maximum absolute atomic E-state index is 12.0. The number of phenolic OH excluding ortho intramolecular Hbond substituents is 1. The number of unbranched alkanes of at least 4 members (excludes halogenated alkanes) is 1. The molecule has 0 saturated carbocycles. The van der Waals surface area contributed by atoms with Gasteiger partial charge in [0.25, 0.3) is 0 Å². The van der Waals surface area contributed by atoms with Gasteiger partial charge >= 0.3 is 12.0 Å². The van der Waals surface area contributed by atoms with Crippen LogP contribution in [0.5, 0.6) is 5.75 Å². The maximum Gasteiger partial charge on any atom is 0.330 e. The first-order valence-electron chi connectivity index (χ1n) is 8.31. The Bertz CT molecular complexity index is 788. The predicted octanol–water partition coefficient (Wildman–Crippen LogP) is 3.99. The summed E-state index contributed by atoms with van der Waals surface area (Å²) in [5.74, 6) is -1.01. The summed E-state index contributed by atoms with van der Waals surface area (Å²) in [7, 11) is 0. The van der Waals surface area contributed by atoms with Crippen LogP contribution in [0.3, 0.4) is 0 Å². The van der Waals surface area contributed by atoms with Gasteiger partial charge in [0.2, 0.25) is 0 Å². The van der Waals surface area contributed by atoms with Crippen LogP contribution in [0, 0.1) is 0 Å². The number of amides is 2. The van der Waals surface area contributed by atoms with Gasteiger partial charge in [0, 0.05) is 12.1 Å². The molecule has 0 aliphatic rings. The number of urea groups is 1. The highest BCUT2D eigenvalue weighted by Gasteiger charge is 2.08. The zero-order valence-corrected chi connectivity index (χ0v) is 14.4. The fraction of sp³-hybridized carbons (Fsp3) is 0.200. The van der Waals surface area contributed by atoms with Gasteiger partial charge in [0.05, 0.1) is 5.69 Å². The molecule has 0 saturated heterocycles. The van der Waals surface area contributed by atoms with E-state index in [-0.39, 0.29) is 11.3 Å². The molecule has 2 amide bonds. The normalized spacial score (nSPS) is 10.2. The van der Waals surface area contributed by atoms with E-state index < -0.39 is 12.0 Å². The van der Waals surface area contributed by atoms with E-state index in [1.54, 1.807) is 12.1 Å². The van der Waals surface area contributed by atoms with Crippen molar-refractivity contribution < 1.29 is 19.8 Å². The lowest BCUT2D eigenvalue weighted by Crippen LogP contribution is -2.29. The van der Waals surface area contributed by atoms with E-state index in [2.05, 4.69) is 17.2 Å². The van der Waals surface area contributed by atoms with Crippen molar-refractivity contribution in [3.05, 3.63) is 60.7 Å². The fourth-order valence-electron chi connectivity index (χ4n) is 2.39. The van der Waals surface area contributed by atoms with Crippen molar-refractivity contribution in [3.63, 3.8) is 0 Å². The number of nitrogens with one attached hydrogen (secondary N) is 2. The van der Waals surface area contributed by atoms with E-state index in [0.29, 0.717) is 31.5 Å². The molecule has 2 aromatic carbocycles. The van der Waals surface area contributed by atoms with E-state index in [9.17, 15) is 14.7 Å². The molecule has 136 valence electrons. The van der Waals surface area contributed by atoms with Gasteiger partial charge in [-0.1, -0.05) is 43.0 Å². The monoisotopic (exact) mass is 354 g/mol. The Balaban J connectivity index is 1.85. The molecule has 6 nitrogen and oxygen atoms in total. The molecule has 0 spiro atoms. The second-order valence-corrected chi connectivity index (χ2v) is 5.84. The molecular formula is C20H22N2O4. The largest absolute Gasteiger partial charge is 0.506 e. The van der Waals surface area contributed by atoms with Gasteiger partial charge < -0.3 is 20.8 Å². The first-order chi connectivity index (χ1) is 12.5. The van der Waals surface area contributed by atoms with E-state index >= 15 is 0 Å². The second kappa shape index (κ2) is 9.27. The number of carboxylic acid groups (broad SMARTS) is 1. The van der Waals surface area contributed by atoms with Crippen molar-refractivity contribution in [1.82, 2.24) is 5.32 Å². The topological polar surface area (TPSA) is 98.7 Å². The summed E-state index contributed by atoms with van der Waals surface area (Å²) in [5.41, 5.74) is 2.35. The number of aliphatic carboxylic acids is 1. The summed E-state index contributed by atoms with van der Waals surface area (Å²) in [5, 5.41) is 24.0. The second-order valence-electron chi connectivity index (χ2n) is 5.84. The minimum absolute atomic E-state index is 0.0161. The SMILES string of the molecule is C=C(CCCCNC(=O)Nc1cc(-c2ccccc2)ccc1O)C(=O)O. The quantitative estimate of drug-likeness (QED) is 0.327. The minimum Gasteiger partial charge on any atom is -0.506 e. The lowest BCUT2D eigenvalue weighted by molar-refractivity contribution is -0.132. The Labute approximate surface area is 152 Å². The summed E-state index contributed by atoms with van der Waals surface area (Å²) < 4.78 is 0. The summed E-state index contributed by atoms with van der Waals surface area (Å²) in [6.45, 7) is 3.86. The van der Waals surface area contributed by atoms with Gasteiger partial charge in [0.1, 0.15) is 5.75 Å². The Morgan fingerprint density at radius 3 is 2.42 bits per heavy atom. The Morgan fingerprint density at radius 1 is 1.00 bits per heavy atom. The Kier molecular flexibility index (Phi) is 6.79. The standard InChI is InChI=1S/C20H22N2O4/c1-14(19(24)25)7-5-6-12-21-20(26)22-17-13-16(10-11-18(17)23)15-8-3-2-4-9-15/h2-4,8-11,13,23H,1,5-7,12H2,(H,24,25)(H2,21,22,26). The van der Waals surface area contributed by atoms with Crippen LogP contribution in [0.15, 0.2) is 60.7 Å². The highest BCUT2D eigenvalue weighted by molar-refractivity contribution is 5.92. The third-order valence-electron chi connectivity index (χ3n) is 3.85. The maximum atomic E-state index is 12.0. The molecule has 2 rings (SSSR count). The number of carboxylic acids is 1. The van der Waals surface area contributed by atoms with Crippen LogP contribution < -0.4 is 10.6 Å². The lowest BCUT2D eigenvalue weighted by Gasteiger charge is -2.11. The number of hydrogen-bond donors (Lipinski definition) is 4. The summed E-state index contributed by atoms with van der Waals surface area (Å²) in [6, 6.07) is 14.2.